The molecule has 0 spiro atoms. The molecule has 124 valence electrons. The average Bonchev–Trinajstić information content (AvgIpc) is 3.07. The van der Waals surface area contributed by atoms with Gasteiger partial charge in [0.25, 0.3) is 0 Å². The molecule has 7 heteroatoms. The molecule has 0 bridgehead atoms. The van der Waals surface area contributed by atoms with Crippen LogP contribution < -0.4 is 5.32 Å². The van der Waals surface area contributed by atoms with Gasteiger partial charge in [0, 0.05) is 6.42 Å². The summed E-state index contributed by atoms with van der Waals surface area (Å²) in [4.78, 5) is 18.2. The maximum atomic E-state index is 12.6. The summed E-state index contributed by atoms with van der Waals surface area (Å²) in [6.45, 7) is -0.576. The molecule has 0 aliphatic heterocycles. The number of hydrogen-bond acceptors (Lipinski definition) is 6. The van der Waals surface area contributed by atoms with Gasteiger partial charge in [0.2, 0.25) is 0 Å². The zero-order valence-corrected chi connectivity index (χ0v) is 14.0. The molecule has 0 aliphatic rings. The van der Waals surface area contributed by atoms with Gasteiger partial charge < -0.3 is 5.32 Å². The molecule has 5 nitrogen and oxygen atoms in total. The Labute approximate surface area is 147 Å². The quantitative estimate of drug-likeness (QED) is 0.581. The van der Waals surface area contributed by atoms with Crippen molar-refractivity contribution >= 4 is 33.2 Å². The number of benzene rings is 1. The maximum Gasteiger partial charge on any atom is 0.161 e. The number of aromatic nitrogens is 4. The van der Waals surface area contributed by atoms with Gasteiger partial charge in [-0.15, -0.1) is 0 Å². The van der Waals surface area contributed by atoms with E-state index in [0.29, 0.717) is 11.5 Å². The van der Waals surface area contributed by atoms with E-state index < -0.39 is 6.67 Å². The highest BCUT2D eigenvalue weighted by Gasteiger charge is 2.11. The first-order valence-corrected chi connectivity index (χ1v) is 8.56. The molecule has 1 N–H and O–H groups in total. The highest BCUT2D eigenvalue weighted by molar-refractivity contribution is 7.18. The molecule has 3 heterocycles. The lowest BCUT2D eigenvalue weighted by Gasteiger charge is -2.05. The zero-order valence-electron chi connectivity index (χ0n) is 13.2. The van der Waals surface area contributed by atoms with E-state index in [4.69, 9.17) is 0 Å². The molecular formula is C18H14FN5S. The summed E-state index contributed by atoms with van der Waals surface area (Å²) in [5, 5.41) is 4.17. The number of halogens is 1. The first kappa shape index (κ1) is 15.6. The van der Waals surface area contributed by atoms with Crippen molar-refractivity contribution in [3.8, 4) is 0 Å². The Morgan fingerprint density at radius 2 is 1.88 bits per heavy atom. The first-order valence-electron chi connectivity index (χ1n) is 7.74. The number of nitrogens with zero attached hydrogens (tertiary/aromatic N) is 4. The second-order valence-corrected chi connectivity index (χ2v) is 6.50. The van der Waals surface area contributed by atoms with Gasteiger partial charge in [-0.1, -0.05) is 41.7 Å². The molecule has 1 aromatic carbocycles. The lowest BCUT2D eigenvalue weighted by Crippen LogP contribution is -1.97. The summed E-state index contributed by atoms with van der Waals surface area (Å²) < 4.78 is 12.6. The van der Waals surface area contributed by atoms with Crippen LogP contribution in [0.4, 0.5) is 15.9 Å². The summed E-state index contributed by atoms with van der Waals surface area (Å²) in [7, 11) is 0. The number of fused-ring (bicyclic) bond motifs is 1. The van der Waals surface area contributed by atoms with Crippen LogP contribution >= 0.6 is 11.3 Å². The van der Waals surface area contributed by atoms with Crippen LogP contribution in [0.5, 0.6) is 0 Å². The standard InChI is InChI=1S/C18H14FN5S/c19-9-13-6-7-14(10-20-13)23-17-16-18(22-11-21-17)25-15(24-16)8-12-4-2-1-3-5-12/h1-7,10-11H,8-9H2,(H,21,22,23). The third kappa shape index (κ3) is 3.46. The highest BCUT2D eigenvalue weighted by atomic mass is 32.1. The molecule has 0 saturated heterocycles. The Bertz CT molecular complexity index is 985. The van der Waals surface area contributed by atoms with Crippen molar-refractivity contribution in [2.45, 2.75) is 13.1 Å². The largest absolute Gasteiger partial charge is 0.337 e. The molecule has 0 amide bonds. The van der Waals surface area contributed by atoms with E-state index in [0.717, 1.165) is 27.5 Å². The van der Waals surface area contributed by atoms with E-state index in [1.54, 1.807) is 29.7 Å². The lowest BCUT2D eigenvalue weighted by molar-refractivity contribution is 0.476. The van der Waals surface area contributed by atoms with Gasteiger partial charge in [0.05, 0.1) is 22.6 Å². The maximum absolute atomic E-state index is 12.6. The van der Waals surface area contributed by atoms with Crippen molar-refractivity contribution < 1.29 is 4.39 Å². The van der Waals surface area contributed by atoms with E-state index in [2.05, 4.69) is 37.4 Å². The SMILES string of the molecule is FCc1ccc(Nc2ncnc3sc(Cc4ccccc4)nc23)cn1. The first-order chi connectivity index (χ1) is 12.3. The van der Waals surface area contributed by atoms with Crippen LogP contribution in [-0.2, 0) is 13.1 Å². The molecular weight excluding hydrogens is 337 g/mol. The Morgan fingerprint density at radius 1 is 1.00 bits per heavy atom. The minimum absolute atomic E-state index is 0.400. The topological polar surface area (TPSA) is 63.6 Å². The molecule has 4 aromatic rings. The van der Waals surface area contributed by atoms with Crippen LogP contribution in [0.3, 0.4) is 0 Å². The van der Waals surface area contributed by atoms with Crippen molar-refractivity contribution in [2.24, 2.45) is 0 Å². The third-order valence-corrected chi connectivity index (χ3v) is 4.63. The van der Waals surface area contributed by atoms with Gasteiger partial charge in [-0.05, 0) is 17.7 Å². The minimum atomic E-state index is -0.576. The van der Waals surface area contributed by atoms with Crippen molar-refractivity contribution in [2.75, 3.05) is 5.32 Å². The Hall–Kier alpha value is -2.93. The van der Waals surface area contributed by atoms with E-state index >= 15 is 0 Å². The minimum Gasteiger partial charge on any atom is -0.337 e. The number of pyridine rings is 1. The Balaban J connectivity index is 1.62. The number of alkyl halides is 1. The predicted octanol–water partition coefficient (Wildman–Crippen LogP) is 4.29. The molecule has 4 rings (SSSR count). The van der Waals surface area contributed by atoms with E-state index in [-0.39, 0.29) is 0 Å². The van der Waals surface area contributed by atoms with Gasteiger partial charge >= 0.3 is 0 Å². The predicted molar refractivity (Wildman–Crippen MR) is 96.8 cm³/mol. The number of rotatable bonds is 5. The summed E-state index contributed by atoms with van der Waals surface area (Å²) in [5.74, 6) is 0.621. The summed E-state index contributed by atoms with van der Waals surface area (Å²) in [6.07, 6.45) is 3.85. The summed E-state index contributed by atoms with van der Waals surface area (Å²) >= 11 is 1.56. The van der Waals surface area contributed by atoms with Gasteiger partial charge in [-0.2, -0.15) is 0 Å². The molecule has 0 fully saturated rings. The average molecular weight is 351 g/mol. The number of hydrogen-bond donors (Lipinski definition) is 1. The van der Waals surface area contributed by atoms with Crippen molar-refractivity contribution in [1.29, 1.82) is 0 Å². The normalized spacial score (nSPS) is 10.9. The monoisotopic (exact) mass is 351 g/mol. The molecule has 0 aliphatic carbocycles. The van der Waals surface area contributed by atoms with Gasteiger partial charge in [-0.25, -0.2) is 19.3 Å². The fourth-order valence-electron chi connectivity index (χ4n) is 2.45. The Morgan fingerprint density at radius 3 is 2.64 bits per heavy atom. The fourth-order valence-corrected chi connectivity index (χ4v) is 3.39. The van der Waals surface area contributed by atoms with Crippen LogP contribution in [0.1, 0.15) is 16.3 Å². The third-order valence-electron chi connectivity index (χ3n) is 3.66. The smallest absolute Gasteiger partial charge is 0.161 e. The van der Waals surface area contributed by atoms with Crippen LogP contribution in [-0.4, -0.2) is 19.9 Å². The molecule has 0 atom stereocenters. The van der Waals surface area contributed by atoms with Gasteiger partial charge in [-0.3, -0.25) is 4.98 Å². The molecule has 0 saturated carbocycles. The van der Waals surface area contributed by atoms with Crippen LogP contribution in [0, 0.1) is 0 Å². The number of nitrogens with one attached hydrogen (secondary N) is 1. The van der Waals surface area contributed by atoms with Crippen LogP contribution in [0.25, 0.3) is 10.3 Å². The van der Waals surface area contributed by atoms with Crippen molar-refractivity contribution in [1.82, 2.24) is 19.9 Å². The molecule has 25 heavy (non-hydrogen) atoms. The van der Waals surface area contributed by atoms with Gasteiger partial charge in [0.15, 0.2) is 5.82 Å². The van der Waals surface area contributed by atoms with E-state index in [9.17, 15) is 4.39 Å². The number of thiazole rings is 1. The Kier molecular flexibility index (Phi) is 4.30. The lowest BCUT2D eigenvalue weighted by atomic mass is 10.2. The summed E-state index contributed by atoms with van der Waals surface area (Å²) in [5.41, 5.74) is 3.06. The van der Waals surface area contributed by atoms with Crippen LogP contribution in [0.2, 0.25) is 0 Å². The molecule has 0 unspecified atom stereocenters. The van der Waals surface area contributed by atoms with Crippen molar-refractivity contribution in [3.63, 3.8) is 0 Å². The zero-order chi connectivity index (χ0) is 17.1. The van der Waals surface area contributed by atoms with E-state index in [1.807, 2.05) is 18.2 Å². The second-order valence-electron chi connectivity index (χ2n) is 5.44. The molecule has 0 radical (unpaired) electrons. The second kappa shape index (κ2) is 6.90. The molecule has 3 aromatic heterocycles. The van der Waals surface area contributed by atoms with E-state index in [1.165, 1.54) is 11.9 Å². The van der Waals surface area contributed by atoms with Crippen molar-refractivity contribution in [3.05, 3.63) is 71.3 Å². The highest BCUT2D eigenvalue weighted by Crippen LogP contribution is 2.27. The number of anilines is 2. The van der Waals surface area contributed by atoms with Crippen LogP contribution in [0.15, 0.2) is 55.0 Å². The fraction of sp³-hybridized carbons (Fsp3) is 0.111. The summed E-state index contributed by atoms with van der Waals surface area (Å²) in [6, 6.07) is 13.6. The van der Waals surface area contributed by atoms with Gasteiger partial charge in [0.1, 0.15) is 23.3 Å².